The molecule has 2 N–H and O–H groups in total. The molecule has 22 heavy (non-hydrogen) atoms. The van der Waals surface area contributed by atoms with Gasteiger partial charge in [0.25, 0.3) is 0 Å². The number of hydrogen-bond acceptors (Lipinski definition) is 4. The van der Waals surface area contributed by atoms with Gasteiger partial charge in [0.1, 0.15) is 0 Å². The summed E-state index contributed by atoms with van der Waals surface area (Å²) in [6.07, 6.45) is -0.444. The van der Waals surface area contributed by atoms with Crippen molar-refractivity contribution >= 4 is 17.8 Å². The number of rotatable bonds is 5. The van der Waals surface area contributed by atoms with Crippen molar-refractivity contribution < 1.29 is 24.2 Å². The van der Waals surface area contributed by atoms with Crippen molar-refractivity contribution in [1.29, 1.82) is 0 Å². The molecule has 0 saturated carbocycles. The molecule has 0 aromatic rings. The fourth-order valence-corrected chi connectivity index (χ4v) is 2.16. The van der Waals surface area contributed by atoms with E-state index in [0.29, 0.717) is 19.5 Å². The topological polar surface area (TPSA) is 95.9 Å². The number of amides is 2. The highest BCUT2D eigenvalue weighted by molar-refractivity contribution is 5.81. The number of carbonyl (C=O) groups is 3. The summed E-state index contributed by atoms with van der Waals surface area (Å²) in [6.45, 7) is 8.14. The third kappa shape index (κ3) is 5.63. The molecule has 7 heteroatoms. The lowest BCUT2D eigenvalue weighted by atomic mass is 9.96. The molecule has 2 atom stereocenters. The Labute approximate surface area is 131 Å². The number of carboxylic acids is 1. The Kier molecular flexibility index (Phi) is 6.34. The lowest BCUT2D eigenvalue weighted by Crippen LogP contribution is -2.51. The van der Waals surface area contributed by atoms with Crippen LogP contribution < -0.4 is 5.32 Å². The monoisotopic (exact) mass is 314 g/mol. The second kappa shape index (κ2) is 7.58. The Morgan fingerprint density at radius 3 is 2.45 bits per heavy atom. The average molecular weight is 314 g/mol. The third-order valence-corrected chi connectivity index (χ3v) is 3.42. The summed E-state index contributed by atoms with van der Waals surface area (Å²) in [5.74, 6) is -1.21. The zero-order valence-corrected chi connectivity index (χ0v) is 13.7. The van der Waals surface area contributed by atoms with Crippen LogP contribution in [0, 0.1) is 5.41 Å². The molecule has 1 rings (SSSR count). The molecule has 126 valence electrons. The maximum absolute atomic E-state index is 12.1. The molecule has 1 unspecified atom stereocenters. The molecular formula is C15H26N2O5. The molecule has 1 saturated heterocycles. The third-order valence-electron chi connectivity index (χ3n) is 3.42. The van der Waals surface area contributed by atoms with Crippen molar-refractivity contribution in [3.63, 3.8) is 0 Å². The maximum Gasteiger partial charge on any atom is 0.334 e. The Balaban J connectivity index is 2.36. The maximum atomic E-state index is 12.1. The predicted octanol–water partition coefficient (Wildman–Crippen LogP) is 0.629. The van der Waals surface area contributed by atoms with E-state index in [1.165, 1.54) is 4.90 Å². The molecule has 0 spiro atoms. The average Bonchev–Trinajstić information content (AvgIpc) is 2.41. The molecule has 1 aliphatic heterocycles. The second-order valence-corrected chi connectivity index (χ2v) is 6.68. The van der Waals surface area contributed by atoms with E-state index in [0.717, 1.165) is 0 Å². The van der Waals surface area contributed by atoms with Gasteiger partial charge in [0.15, 0.2) is 6.10 Å². The molecule has 2 amide bonds. The van der Waals surface area contributed by atoms with Gasteiger partial charge in [-0.2, -0.15) is 0 Å². The van der Waals surface area contributed by atoms with Gasteiger partial charge in [-0.05, 0) is 13.3 Å². The highest BCUT2D eigenvalue weighted by Gasteiger charge is 2.32. The van der Waals surface area contributed by atoms with Gasteiger partial charge in [-0.3, -0.25) is 9.59 Å². The highest BCUT2D eigenvalue weighted by Crippen LogP contribution is 2.14. The fourth-order valence-electron chi connectivity index (χ4n) is 2.16. The lowest BCUT2D eigenvalue weighted by molar-refractivity contribution is -0.166. The molecule has 0 bridgehead atoms. The molecule has 0 aromatic heterocycles. The molecule has 0 aromatic carbocycles. The predicted molar refractivity (Wildman–Crippen MR) is 80.2 cm³/mol. The van der Waals surface area contributed by atoms with E-state index in [4.69, 9.17) is 9.84 Å². The van der Waals surface area contributed by atoms with Crippen LogP contribution in [0.4, 0.5) is 0 Å². The van der Waals surface area contributed by atoms with E-state index in [9.17, 15) is 14.4 Å². The second-order valence-electron chi connectivity index (χ2n) is 6.68. The van der Waals surface area contributed by atoms with Crippen LogP contribution in [0.2, 0.25) is 0 Å². The first-order valence-electron chi connectivity index (χ1n) is 7.55. The zero-order valence-electron chi connectivity index (χ0n) is 13.7. The Bertz CT molecular complexity index is 430. The number of aliphatic carboxylic acids is 1. The van der Waals surface area contributed by atoms with E-state index in [1.807, 2.05) is 20.8 Å². The Morgan fingerprint density at radius 1 is 1.27 bits per heavy atom. The first-order chi connectivity index (χ1) is 10.1. The van der Waals surface area contributed by atoms with Gasteiger partial charge >= 0.3 is 5.97 Å². The highest BCUT2D eigenvalue weighted by atomic mass is 16.5. The Morgan fingerprint density at radius 2 is 1.91 bits per heavy atom. The summed E-state index contributed by atoms with van der Waals surface area (Å²) >= 11 is 0. The molecule has 1 fully saturated rings. The SMILES string of the molecule is C[C@@H]1CN(C(=O)CCCNC(=O)C(C)(C)C)CC(C(=O)O)O1. The zero-order chi connectivity index (χ0) is 16.9. The van der Waals surface area contributed by atoms with E-state index < -0.39 is 17.5 Å². The number of carbonyl (C=O) groups excluding carboxylic acids is 2. The summed E-state index contributed by atoms with van der Waals surface area (Å²) in [5, 5.41) is 11.8. The van der Waals surface area contributed by atoms with Crippen molar-refractivity contribution in [2.24, 2.45) is 5.41 Å². The van der Waals surface area contributed by atoms with Gasteiger partial charge < -0.3 is 20.1 Å². The van der Waals surface area contributed by atoms with Crippen LogP contribution in [0.25, 0.3) is 0 Å². The van der Waals surface area contributed by atoms with Crippen LogP contribution >= 0.6 is 0 Å². The number of nitrogens with zero attached hydrogens (tertiary/aromatic N) is 1. The standard InChI is InChI=1S/C15H26N2O5/c1-10-8-17(9-11(22-10)13(19)20)12(18)6-5-7-16-14(21)15(2,3)4/h10-11H,5-9H2,1-4H3,(H,16,21)(H,19,20)/t10-,11?/m1/s1. The van der Waals surface area contributed by atoms with E-state index >= 15 is 0 Å². The number of hydrogen-bond donors (Lipinski definition) is 2. The summed E-state index contributed by atoms with van der Waals surface area (Å²) < 4.78 is 5.27. The number of carboxylic acid groups (broad SMARTS) is 1. The summed E-state index contributed by atoms with van der Waals surface area (Å²) in [4.78, 5) is 36.3. The van der Waals surface area contributed by atoms with Gasteiger partial charge in [0.2, 0.25) is 11.8 Å². The number of nitrogens with one attached hydrogen (secondary N) is 1. The minimum absolute atomic E-state index is 0.0501. The fraction of sp³-hybridized carbons (Fsp3) is 0.800. The molecule has 0 aliphatic carbocycles. The first kappa shape index (κ1) is 18.4. The molecule has 1 heterocycles. The van der Waals surface area contributed by atoms with Crippen molar-refractivity contribution in [3.8, 4) is 0 Å². The van der Waals surface area contributed by atoms with E-state index in [-0.39, 0.29) is 30.9 Å². The van der Waals surface area contributed by atoms with Crippen molar-refractivity contribution in [2.75, 3.05) is 19.6 Å². The van der Waals surface area contributed by atoms with Gasteiger partial charge in [0, 0.05) is 24.9 Å². The minimum Gasteiger partial charge on any atom is -0.479 e. The normalized spacial score (nSPS) is 22.3. The van der Waals surface area contributed by atoms with Crippen molar-refractivity contribution in [3.05, 3.63) is 0 Å². The van der Waals surface area contributed by atoms with Gasteiger partial charge in [-0.15, -0.1) is 0 Å². The van der Waals surface area contributed by atoms with E-state index in [1.54, 1.807) is 6.92 Å². The van der Waals surface area contributed by atoms with Crippen LogP contribution in [0.15, 0.2) is 0 Å². The van der Waals surface area contributed by atoms with Crippen LogP contribution in [0.3, 0.4) is 0 Å². The minimum atomic E-state index is -1.05. The number of morpholine rings is 1. The smallest absolute Gasteiger partial charge is 0.334 e. The van der Waals surface area contributed by atoms with E-state index in [2.05, 4.69) is 5.32 Å². The lowest BCUT2D eigenvalue weighted by Gasteiger charge is -2.35. The summed E-state index contributed by atoms with van der Waals surface area (Å²) in [7, 11) is 0. The van der Waals surface area contributed by atoms with Crippen molar-refractivity contribution in [1.82, 2.24) is 10.2 Å². The Hall–Kier alpha value is -1.63. The molecule has 7 nitrogen and oxygen atoms in total. The van der Waals surface area contributed by atoms with Crippen LogP contribution in [0.1, 0.15) is 40.5 Å². The van der Waals surface area contributed by atoms with Crippen LogP contribution in [-0.4, -0.2) is 59.6 Å². The van der Waals surface area contributed by atoms with Gasteiger partial charge in [-0.1, -0.05) is 20.8 Å². The molecule has 0 radical (unpaired) electrons. The van der Waals surface area contributed by atoms with Crippen LogP contribution in [0.5, 0.6) is 0 Å². The molecular weight excluding hydrogens is 288 g/mol. The summed E-state index contributed by atoms with van der Waals surface area (Å²) in [6, 6.07) is 0. The van der Waals surface area contributed by atoms with Crippen molar-refractivity contribution in [2.45, 2.75) is 52.7 Å². The largest absolute Gasteiger partial charge is 0.479 e. The summed E-state index contributed by atoms with van der Waals surface area (Å²) in [5.41, 5.74) is -0.446. The first-order valence-corrected chi connectivity index (χ1v) is 7.55. The van der Waals surface area contributed by atoms with Crippen LogP contribution in [-0.2, 0) is 19.1 Å². The number of ether oxygens (including phenoxy) is 1. The van der Waals surface area contributed by atoms with Gasteiger partial charge in [-0.25, -0.2) is 4.79 Å². The quantitative estimate of drug-likeness (QED) is 0.726. The van der Waals surface area contributed by atoms with Gasteiger partial charge in [0.05, 0.1) is 12.6 Å². The molecule has 1 aliphatic rings.